The summed E-state index contributed by atoms with van der Waals surface area (Å²) in [6.45, 7) is 6.70. The van der Waals surface area contributed by atoms with Crippen molar-refractivity contribution in [3.05, 3.63) is 24.3 Å². The minimum Gasteiger partial charge on any atom is -0.491 e. The molecule has 1 atom stereocenters. The second-order valence-electron chi connectivity index (χ2n) is 5.27. The summed E-state index contributed by atoms with van der Waals surface area (Å²) in [5.74, 6) is 1.13. The summed E-state index contributed by atoms with van der Waals surface area (Å²) in [6, 6.07) is 7.53. The smallest absolute Gasteiger partial charge is 0.224 e. The Labute approximate surface area is 115 Å². The van der Waals surface area contributed by atoms with Crippen LogP contribution in [0.5, 0.6) is 5.75 Å². The molecule has 0 aliphatic rings. The van der Waals surface area contributed by atoms with E-state index in [0.29, 0.717) is 31.1 Å². The molecule has 3 N–H and O–H groups in total. The van der Waals surface area contributed by atoms with Crippen LogP contribution in [0.25, 0.3) is 0 Å². The SMILES string of the molecule is CC(C)COc1ccccc1NC(=O)CCC(C)N. The summed E-state index contributed by atoms with van der Waals surface area (Å²) in [6.07, 6.45) is 1.11. The molecule has 1 aromatic rings. The number of carbonyl (C=O) groups excluding carboxylic acids is 1. The zero-order valence-electron chi connectivity index (χ0n) is 12.0. The van der Waals surface area contributed by atoms with Gasteiger partial charge >= 0.3 is 0 Å². The fraction of sp³-hybridized carbons (Fsp3) is 0.533. The molecular weight excluding hydrogens is 240 g/mol. The van der Waals surface area contributed by atoms with Crippen LogP contribution < -0.4 is 15.8 Å². The highest BCUT2D eigenvalue weighted by Gasteiger charge is 2.08. The normalized spacial score (nSPS) is 12.3. The first-order valence-electron chi connectivity index (χ1n) is 6.76. The van der Waals surface area contributed by atoms with Crippen LogP contribution in [0.1, 0.15) is 33.6 Å². The summed E-state index contributed by atoms with van der Waals surface area (Å²) in [5, 5.41) is 2.87. The van der Waals surface area contributed by atoms with Crippen LogP contribution in [0.4, 0.5) is 5.69 Å². The van der Waals surface area contributed by atoms with Crippen molar-refractivity contribution in [2.75, 3.05) is 11.9 Å². The van der Waals surface area contributed by atoms with Crippen LogP contribution in [0.2, 0.25) is 0 Å². The summed E-state index contributed by atoms with van der Waals surface area (Å²) >= 11 is 0. The van der Waals surface area contributed by atoms with Gasteiger partial charge in [0.15, 0.2) is 0 Å². The third kappa shape index (κ3) is 6.25. The first-order chi connectivity index (χ1) is 8.99. The molecule has 106 valence electrons. The molecule has 4 heteroatoms. The van der Waals surface area contributed by atoms with Gasteiger partial charge in [-0.3, -0.25) is 4.79 Å². The Morgan fingerprint density at radius 2 is 2.00 bits per heavy atom. The van der Waals surface area contributed by atoms with Gasteiger partial charge < -0.3 is 15.8 Å². The fourth-order valence-electron chi connectivity index (χ4n) is 1.52. The van der Waals surface area contributed by atoms with Crippen LogP contribution in [0.3, 0.4) is 0 Å². The lowest BCUT2D eigenvalue weighted by molar-refractivity contribution is -0.116. The maximum absolute atomic E-state index is 11.8. The van der Waals surface area contributed by atoms with E-state index in [0.717, 1.165) is 5.69 Å². The minimum absolute atomic E-state index is 0.0297. The molecular formula is C15H24N2O2. The molecule has 0 fully saturated rings. The maximum Gasteiger partial charge on any atom is 0.224 e. The molecule has 1 amide bonds. The number of amides is 1. The number of nitrogens with one attached hydrogen (secondary N) is 1. The molecule has 0 spiro atoms. The first kappa shape index (κ1) is 15.5. The molecule has 0 saturated heterocycles. The molecule has 1 rings (SSSR count). The topological polar surface area (TPSA) is 64.3 Å². The van der Waals surface area contributed by atoms with Crippen LogP contribution >= 0.6 is 0 Å². The molecule has 1 unspecified atom stereocenters. The lowest BCUT2D eigenvalue weighted by Gasteiger charge is -2.14. The van der Waals surface area contributed by atoms with Gasteiger partial charge in [-0.15, -0.1) is 0 Å². The summed E-state index contributed by atoms with van der Waals surface area (Å²) < 4.78 is 5.69. The summed E-state index contributed by atoms with van der Waals surface area (Å²) in [7, 11) is 0. The third-order valence-corrected chi connectivity index (χ3v) is 2.56. The van der Waals surface area contributed by atoms with E-state index in [9.17, 15) is 4.79 Å². The highest BCUT2D eigenvalue weighted by Crippen LogP contribution is 2.24. The Morgan fingerprint density at radius 1 is 1.32 bits per heavy atom. The Kier molecular flexibility index (Phi) is 6.36. The predicted molar refractivity (Wildman–Crippen MR) is 78.3 cm³/mol. The number of benzene rings is 1. The van der Waals surface area contributed by atoms with Gasteiger partial charge in [-0.1, -0.05) is 26.0 Å². The van der Waals surface area contributed by atoms with Gasteiger partial charge in [-0.25, -0.2) is 0 Å². The molecule has 1 aromatic carbocycles. The standard InChI is InChI=1S/C15H24N2O2/c1-11(2)10-19-14-7-5-4-6-13(14)17-15(18)9-8-12(3)16/h4-7,11-12H,8-10,16H2,1-3H3,(H,17,18). The zero-order valence-corrected chi connectivity index (χ0v) is 12.0. The van der Waals surface area contributed by atoms with Gasteiger partial charge in [0, 0.05) is 12.5 Å². The number of carbonyl (C=O) groups is 1. The van der Waals surface area contributed by atoms with Crippen molar-refractivity contribution >= 4 is 11.6 Å². The molecule has 19 heavy (non-hydrogen) atoms. The largest absolute Gasteiger partial charge is 0.491 e. The Balaban J connectivity index is 2.59. The van der Waals surface area contributed by atoms with Crippen molar-refractivity contribution in [2.24, 2.45) is 11.7 Å². The van der Waals surface area contributed by atoms with Gasteiger partial charge in [-0.2, -0.15) is 0 Å². The van der Waals surface area contributed by atoms with E-state index < -0.39 is 0 Å². The molecule has 0 heterocycles. The molecule has 0 aliphatic carbocycles. The van der Waals surface area contributed by atoms with E-state index in [-0.39, 0.29) is 11.9 Å². The van der Waals surface area contributed by atoms with E-state index in [1.807, 2.05) is 31.2 Å². The minimum atomic E-state index is -0.0297. The number of hydrogen-bond acceptors (Lipinski definition) is 3. The number of rotatable bonds is 7. The second-order valence-corrected chi connectivity index (χ2v) is 5.27. The number of nitrogens with two attached hydrogens (primary N) is 1. The van der Waals surface area contributed by atoms with Gasteiger partial charge in [0.2, 0.25) is 5.91 Å². The average molecular weight is 264 g/mol. The van der Waals surface area contributed by atoms with Crippen LogP contribution in [0.15, 0.2) is 24.3 Å². The Bertz CT molecular complexity index is 403. The summed E-state index contributed by atoms with van der Waals surface area (Å²) in [5.41, 5.74) is 6.36. The molecule has 0 radical (unpaired) electrons. The van der Waals surface area contributed by atoms with Crippen molar-refractivity contribution < 1.29 is 9.53 Å². The van der Waals surface area contributed by atoms with Crippen LogP contribution in [-0.4, -0.2) is 18.6 Å². The van der Waals surface area contributed by atoms with E-state index in [2.05, 4.69) is 19.2 Å². The quantitative estimate of drug-likeness (QED) is 0.796. The van der Waals surface area contributed by atoms with E-state index in [1.54, 1.807) is 0 Å². The highest BCUT2D eigenvalue weighted by molar-refractivity contribution is 5.92. The van der Waals surface area contributed by atoms with E-state index >= 15 is 0 Å². The van der Waals surface area contributed by atoms with Crippen molar-refractivity contribution in [1.82, 2.24) is 0 Å². The monoisotopic (exact) mass is 264 g/mol. The lowest BCUT2D eigenvalue weighted by Crippen LogP contribution is -2.19. The molecule has 0 aliphatic heterocycles. The van der Waals surface area contributed by atoms with Crippen LogP contribution in [0, 0.1) is 5.92 Å². The second kappa shape index (κ2) is 7.79. The third-order valence-electron chi connectivity index (χ3n) is 2.56. The maximum atomic E-state index is 11.8. The molecule has 0 aromatic heterocycles. The number of ether oxygens (including phenoxy) is 1. The van der Waals surface area contributed by atoms with Crippen molar-refractivity contribution in [3.63, 3.8) is 0 Å². The van der Waals surface area contributed by atoms with Crippen molar-refractivity contribution in [2.45, 2.75) is 39.7 Å². The van der Waals surface area contributed by atoms with E-state index in [4.69, 9.17) is 10.5 Å². The van der Waals surface area contributed by atoms with Gasteiger partial charge in [-0.05, 0) is 31.4 Å². The lowest BCUT2D eigenvalue weighted by atomic mass is 10.2. The molecule has 4 nitrogen and oxygen atoms in total. The number of anilines is 1. The first-order valence-corrected chi connectivity index (χ1v) is 6.76. The predicted octanol–water partition coefficient (Wildman–Crippen LogP) is 2.79. The Hall–Kier alpha value is -1.55. The Morgan fingerprint density at radius 3 is 2.63 bits per heavy atom. The fourth-order valence-corrected chi connectivity index (χ4v) is 1.52. The van der Waals surface area contributed by atoms with Gasteiger partial charge in [0.05, 0.1) is 12.3 Å². The summed E-state index contributed by atoms with van der Waals surface area (Å²) in [4.78, 5) is 11.8. The zero-order chi connectivity index (χ0) is 14.3. The van der Waals surface area contributed by atoms with Gasteiger partial charge in [0.1, 0.15) is 5.75 Å². The number of hydrogen-bond donors (Lipinski definition) is 2. The van der Waals surface area contributed by atoms with E-state index in [1.165, 1.54) is 0 Å². The van der Waals surface area contributed by atoms with Gasteiger partial charge in [0.25, 0.3) is 0 Å². The highest BCUT2D eigenvalue weighted by atomic mass is 16.5. The van der Waals surface area contributed by atoms with Crippen molar-refractivity contribution in [3.8, 4) is 5.75 Å². The average Bonchev–Trinajstić information content (AvgIpc) is 2.35. The molecule has 0 bridgehead atoms. The van der Waals surface area contributed by atoms with Crippen LogP contribution in [-0.2, 0) is 4.79 Å². The molecule has 0 saturated carbocycles. The van der Waals surface area contributed by atoms with Crippen molar-refractivity contribution in [1.29, 1.82) is 0 Å². The number of para-hydroxylation sites is 2.